The highest BCUT2D eigenvalue weighted by molar-refractivity contribution is 5.88. The van der Waals surface area contributed by atoms with Gasteiger partial charge in [0.1, 0.15) is 5.82 Å². The topological polar surface area (TPSA) is 143 Å². The van der Waals surface area contributed by atoms with Gasteiger partial charge in [0, 0.05) is 61.7 Å². The Kier molecular flexibility index (Phi) is 8.62. The predicted molar refractivity (Wildman–Crippen MR) is 157 cm³/mol. The van der Waals surface area contributed by atoms with Crippen LogP contribution in [0.25, 0.3) is 22.0 Å². The Balaban J connectivity index is 1.21. The number of likely N-dealkylation sites (tertiary alicyclic amines) is 1. The number of aromatic amines is 1. The van der Waals surface area contributed by atoms with Crippen LogP contribution in [0, 0.1) is 0 Å². The van der Waals surface area contributed by atoms with E-state index in [1.165, 1.54) is 0 Å². The van der Waals surface area contributed by atoms with Gasteiger partial charge in [-0.2, -0.15) is 0 Å². The van der Waals surface area contributed by atoms with Crippen molar-refractivity contribution in [3.8, 4) is 17.0 Å². The van der Waals surface area contributed by atoms with Crippen LogP contribution < -0.4 is 16.2 Å². The second-order valence-electron chi connectivity index (χ2n) is 10.6. The largest absolute Gasteiger partial charge is 0.481 e. The number of aromatic nitrogens is 3. The van der Waals surface area contributed by atoms with Crippen molar-refractivity contribution in [1.29, 1.82) is 0 Å². The molecule has 3 aromatic heterocycles. The summed E-state index contributed by atoms with van der Waals surface area (Å²) in [4.78, 5) is 27.4. The van der Waals surface area contributed by atoms with Crippen molar-refractivity contribution >= 4 is 22.6 Å². The number of pyridine rings is 2. The molecule has 9 heteroatoms. The van der Waals surface area contributed by atoms with Crippen LogP contribution in [0.2, 0.25) is 0 Å². The van der Waals surface area contributed by atoms with Gasteiger partial charge in [0.25, 0.3) is 0 Å². The Bertz CT molecular complexity index is 1430. The lowest BCUT2D eigenvalue weighted by Gasteiger charge is -2.33. The Morgan fingerprint density at radius 2 is 1.98 bits per heavy atom. The molecule has 1 aromatic carbocycles. The fourth-order valence-corrected chi connectivity index (χ4v) is 5.60. The number of hydrogen-bond acceptors (Lipinski definition) is 7. The van der Waals surface area contributed by atoms with Crippen molar-refractivity contribution in [1.82, 2.24) is 19.9 Å². The third-order valence-corrected chi connectivity index (χ3v) is 7.75. The van der Waals surface area contributed by atoms with Crippen LogP contribution in [0.15, 0.2) is 54.9 Å². The van der Waals surface area contributed by atoms with Crippen molar-refractivity contribution in [2.24, 2.45) is 5.73 Å². The molecule has 0 spiro atoms. The van der Waals surface area contributed by atoms with E-state index in [-0.39, 0.29) is 24.5 Å². The van der Waals surface area contributed by atoms with Gasteiger partial charge in [0.15, 0.2) is 0 Å². The molecule has 4 aromatic rings. The summed E-state index contributed by atoms with van der Waals surface area (Å²) in [7, 11) is 1.62. The fourth-order valence-electron chi connectivity index (χ4n) is 5.60. The van der Waals surface area contributed by atoms with Gasteiger partial charge in [-0.25, -0.2) is 9.97 Å². The molecule has 9 nitrogen and oxygen atoms in total. The van der Waals surface area contributed by atoms with E-state index in [0.717, 1.165) is 64.7 Å². The third kappa shape index (κ3) is 6.26. The van der Waals surface area contributed by atoms with E-state index >= 15 is 0 Å². The highest BCUT2D eigenvalue weighted by atomic mass is 16.5. The number of aliphatic hydroxyl groups is 1. The predicted octanol–water partition coefficient (Wildman–Crippen LogP) is 3.81. The summed E-state index contributed by atoms with van der Waals surface area (Å²) in [6.45, 7) is 1.54. The number of ether oxygens (including phenoxy) is 1. The van der Waals surface area contributed by atoms with Crippen molar-refractivity contribution in [2.75, 3.05) is 32.5 Å². The molecule has 2 atom stereocenters. The second-order valence-corrected chi connectivity index (χ2v) is 10.6. The molecule has 0 unspecified atom stereocenters. The van der Waals surface area contributed by atoms with Crippen molar-refractivity contribution in [3.63, 3.8) is 0 Å². The molecule has 1 saturated heterocycles. The minimum absolute atomic E-state index is 0.0979. The maximum Gasteiger partial charge on any atom is 0.224 e. The van der Waals surface area contributed by atoms with E-state index < -0.39 is 0 Å². The van der Waals surface area contributed by atoms with Gasteiger partial charge >= 0.3 is 0 Å². The van der Waals surface area contributed by atoms with E-state index in [0.29, 0.717) is 37.5 Å². The monoisotopic (exact) mass is 542 g/mol. The average Bonchev–Trinajstić information content (AvgIpc) is 3.43. The maximum absolute atomic E-state index is 13.3. The summed E-state index contributed by atoms with van der Waals surface area (Å²) in [5.41, 5.74) is 18.4. The van der Waals surface area contributed by atoms with Gasteiger partial charge in [-0.1, -0.05) is 24.3 Å². The third-order valence-electron chi connectivity index (χ3n) is 7.75. The number of methoxy groups -OCH3 is 1. The Hall–Kier alpha value is -3.95. The first-order chi connectivity index (χ1) is 19.4. The zero-order valence-electron chi connectivity index (χ0n) is 23.0. The van der Waals surface area contributed by atoms with Crippen LogP contribution in [0.4, 0.5) is 5.82 Å². The van der Waals surface area contributed by atoms with Gasteiger partial charge in [0.2, 0.25) is 11.8 Å². The lowest BCUT2D eigenvalue weighted by atomic mass is 9.94. The minimum Gasteiger partial charge on any atom is -0.481 e. The number of benzene rings is 1. The summed E-state index contributed by atoms with van der Waals surface area (Å²) >= 11 is 0. The summed E-state index contributed by atoms with van der Waals surface area (Å²) in [6, 6.07) is 13.8. The van der Waals surface area contributed by atoms with Crippen LogP contribution in [-0.2, 0) is 17.6 Å². The number of amides is 1. The normalized spacial score (nSPS) is 16.3. The number of nitrogens with two attached hydrogens (primary N) is 2. The molecule has 1 aliphatic heterocycles. The number of rotatable bonds is 10. The number of fused-ring (bicyclic) bond motifs is 1. The number of carbonyl (C=O) groups is 1. The number of aryl methyl sites for hydroxylation is 1. The molecule has 210 valence electrons. The molecule has 1 amide bonds. The highest BCUT2D eigenvalue weighted by Gasteiger charge is 2.27. The van der Waals surface area contributed by atoms with E-state index in [4.69, 9.17) is 16.2 Å². The van der Waals surface area contributed by atoms with Crippen LogP contribution >= 0.6 is 0 Å². The Morgan fingerprint density at radius 1 is 1.18 bits per heavy atom. The maximum atomic E-state index is 13.3. The van der Waals surface area contributed by atoms with E-state index in [1.807, 2.05) is 29.3 Å². The van der Waals surface area contributed by atoms with Crippen molar-refractivity contribution in [2.45, 2.75) is 50.5 Å². The number of piperidine rings is 1. The Labute approximate surface area is 234 Å². The summed E-state index contributed by atoms with van der Waals surface area (Å²) in [6.07, 6.45) is 7.88. The fraction of sp³-hybridized carbons (Fsp3) is 0.387. The van der Waals surface area contributed by atoms with E-state index in [1.54, 1.807) is 19.4 Å². The molecule has 40 heavy (non-hydrogen) atoms. The minimum atomic E-state index is -0.255. The number of carbonyl (C=O) groups excluding carboxylic acids is 1. The van der Waals surface area contributed by atoms with Crippen LogP contribution in [0.3, 0.4) is 0 Å². The Morgan fingerprint density at radius 3 is 2.70 bits per heavy atom. The second kappa shape index (κ2) is 12.5. The molecule has 6 N–H and O–H groups in total. The lowest BCUT2D eigenvalue weighted by Crippen LogP contribution is -2.42. The zero-order valence-corrected chi connectivity index (χ0v) is 23.0. The summed E-state index contributed by atoms with van der Waals surface area (Å²) < 4.78 is 5.51. The molecular weight excluding hydrogens is 504 g/mol. The summed E-state index contributed by atoms with van der Waals surface area (Å²) in [5.74, 6) is 1.38. The smallest absolute Gasteiger partial charge is 0.224 e. The number of nitrogen functional groups attached to an aromatic ring is 1. The molecule has 1 aliphatic rings. The highest BCUT2D eigenvalue weighted by Crippen LogP contribution is 2.34. The molecule has 4 heterocycles. The van der Waals surface area contributed by atoms with Gasteiger partial charge in [0.05, 0.1) is 18.0 Å². The zero-order chi connectivity index (χ0) is 28.1. The molecule has 5 rings (SSSR count). The standard InChI is InChI=1S/C31H38N6O3/c1-40-31-26-16-27(36-30(26)23(18-35-31)5-3-13-38)24-4-2-12-37(19-24)29(39)15-25(32)14-20-6-8-21(9-7-20)22-10-11-28(33)34-17-22/h6-11,16-18,24-25,36,38H,2-5,12-15,19,32H2,1H3,(H2,33,34)/t24-,25-/m1/s1. The number of anilines is 1. The molecule has 0 bridgehead atoms. The summed E-state index contributed by atoms with van der Waals surface area (Å²) in [5, 5.41) is 10.2. The van der Waals surface area contributed by atoms with Crippen LogP contribution in [0.5, 0.6) is 5.88 Å². The van der Waals surface area contributed by atoms with Crippen molar-refractivity contribution in [3.05, 3.63) is 71.7 Å². The van der Waals surface area contributed by atoms with Gasteiger partial charge in [-0.05, 0) is 67.0 Å². The number of hydrogen-bond donors (Lipinski definition) is 4. The molecule has 1 fully saturated rings. The van der Waals surface area contributed by atoms with Crippen molar-refractivity contribution < 1.29 is 14.6 Å². The quantitative estimate of drug-likeness (QED) is 0.239. The van der Waals surface area contributed by atoms with E-state index in [2.05, 4.69) is 33.2 Å². The first kappa shape index (κ1) is 27.6. The number of aliphatic hydroxyl groups excluding tert-OH is 1. The first-order valence-electron chi connectivity index (χ1n) is 13.9. The van der Waals surface area contributed by atoms with Crippen LogP contribution in [0.1, 0.15) is 48.4 Å². The molecular formula is C31H38N6O3. The van der Waals surface area contributed by atoms with Gasteiger partial charge < -0.3 is 31.2 Å². The SMILES string of the molecule is COc1ncc(CCCO)c2[nH]c([C@@H]3CCCN(C(=O)C[C@H](N)Cc4ccc(-c5ccc(N)nc5)cc4)C3)cc12. The van der Waals surface area contributed by atoms with Gasteiger partial charge in [-0.15, -0.1) is 0 Å². The molecule has 0 radical (unpaired) electrons. The number of nitrogens with one attached hydrogen (secondary N) is 1. The van der Waals surface area contributed by atoms with E-state index in [9.17, 15) is 9.90 Å². The number of H-pyrrole nitrogens is 1. The molecule has 0 saturated carbocycles. The average molecular weight is 543 g/mol. The molecule has 0 aliphatic carbocycles. The van der Waals surface area contributed by atoms with Gasteiger partial charge in [-0.3, -0.25) is 4.79 Å². The first-order valence-corrected chi connectivity index (χ1v) is 13.9. The lowest BCUT2D eigenvalue weighted by molar-refractivity contribution is -0.132. The van der Waals surface area contributed by atoms with Crippen LogP contribution in [-0.4, -0.2) is 63.7 Å². The number of nitrogens with zero attached hydrogens (tertiary/aromatic N) is 3.